The fraction of sp³-hybridized carbons (Fsp3) is 0.0952. The molecule has 0 saturated carbocycles. The summed E-state index contributed by atoms with van der Waals surface area (Å²) in [6.07, 6.45) is 0. The molecule has 152 valence electrons. The van der Waals surface area contributed by atoms with Gasteiger partial charge in [-0.25, -0.2) is 14.2 Å². The Balaban J connectivity index is 1.56. The maximum absolute atomic E-state index is 13.8. The predicted molar refractivity (Wildman–Crippen MR) is 103 cm³/mol. The number of carboxylic acid groups (broad SMARTS) is 1. The average molecular weight is 411 g/mol. The van der Waals surface area contributed by atoms with E-state index in [-0.39, 0.29) is 17.9 Å². The summed E-state index contributed by atoms with van der Waals surface area (Å²) in [5.41, 5.74) is 1.45. The Bertz CT molecular complexity index is 1260. The first-order chi connectivity index (χ1) is 14.4. The molecule has 0 aliphatic rings. The summed E-state index contributed by atoms with van der Waals surface area (Å²) in [5.74, 6) is -1.88. The van der Waals surface area contributed by atoms with E-state index >= 15 is 0 Å². The van der Waals surface area contributed by atoms with Crippen LogP contribution in [0.25, 0.3) is 11.0 Å². The molecule has 7 nitrogen and oxygen atoms in total. The fourth-order valence-electron chi connectivity index (χ4n) is 2.86. The van der Waals surface area contributed by atoms with Gasteiger partial charge in [-0.3, -0.25) is 0 Å². The second kappa shape index (κ2) is 7.78. The van der Waals surface area contributed by atoms with Crippen LogP contribution in [0.2, 0.25) is 0 Å². The molecule has 0 atom stereocenters. The summed E-state index contributed by atoms with van der Waals surface area (Å²) in [7, 11) is 1.77. The zero-order valence-corrected chi connectivity index (χ0v) is 15.7. The Hall–Kier alpha value is -4.01. The molecule has 0 amide bonds. The number of rotatable bonds is 6. The van der Waals surface area contributed by atoms with Gasteiger partial charge < -0.3 is 19.1 Å². The van der Waals surface area contributed by atoms with Crippen molar-refractivity contribution in [2.24, 2.45) is 7.05 Å². The zero-order valence-electron chi connectivity index (χ0n) is 15.7. The van der Waals surface area contributed by atoms with Gasteiger partial charge in [0.15, 0.2) is 5.82 Å². The predicted octanol–water partition coefficient (Wildman–Crippen LogP) is 4.32. The van der Waals surface area contributed by atoms with Gasteiger partial charge in [0.1, 0.15) is 23.9 Å². The van der Waals surface area contributed by atoms with Crippen molar-refractivity contribution in [1.29, 1.82) is 0 Å². The minimum Gasteiger partial charge on any atom is -0.486 e. The first-order valence-electron chi connectivity index (χ1n) is 8.82. The molecule has 0 aliphatic heterocycles. The minimum atomic E-state index is -1.04. The highest BCUT2D eigenvalue weighted by Gasteiger charge is 2.13. The fourth-order valence-corrected chi connectivity index (χ4v) is 2.86. The monoisotopic (exact) mass is 411 g/mol. The third-order valence-electron chi connectivity index (χ3n) is 4.39. The van der Waals surface area contributed by atoms with Crippen molar-refractivity contribution < 1.29 is 28.2 Å². The first-order valence-corrected chi connectivity index (χ1v) is 8.82. The van der Waals surface area contributed by atoms with Crippen LogP contribution in [-0.4, -0.2) is 25.6 Å². The lowest BCUT2D eigenvalue weighted by Gasteiger charge is -2.08. The number of ether oxygens (including phenoxy) is 2. The number of aromatic carboxylic acids is 1. The first kappa shape index (κ1) is 19.3. The van der Waals surface area contributed by atoms with Crippen molar-refractivity contribution in [3.8, 4) is 17.4 Å². The molecule has 0 fully saturated rings. The molecular formula is C21H15F2N3O4. The van der Waals surface area contributed by atoms with E-state index in [4.69, 9.17) is 14.6 Å². The summed E-state index contributed by atoms with van der Waals surface area (Å²) in [6, 6.07) is 12.9. The molecule has 0 unspecified atom stereocenters. The average Bonchev–Trinajstić information content (AvgIpc) is 3.05. The Morgan fingerprint density at radius 1 is 1.07 bits per heavy atom. The van der Waals surface area contributed by atoms with E-state index in [0.717, 1.165) is 12.1 Å². The molecule has 2 aromatic carbocycles. The van der Waals surface area contributed by atoms with Crippen LogP contribution in [0.3, 0.4) is 0 Å². The standard InChI is InChI=1S/C21H15F2N3O4/c1-26-17-10-14(30-20-15(22)6-8-18(23)25-20)5-7-16(17)24-19(26)11-29-13-4-2-3-12(9-13)21(27)28/h2-10H,11H2,1H3,(H,27,28). The third kappa shape index (κ3) is 3.90. The van der Waals surface area contributed by atoms with E-state index < -0.39 is 23.6 Å². The van der Waals surface area contributed by atoms with Crippen LogP contribution >= 0.6 is 0 Å². The van der Waals surface area contributed by atoms with Crippen molar-refractivity contribution in [2.75, 3.05) is 0 Å². The van der Waals surface area contributed by atoms with E-state index in [9.17, 15) is 13.6 Å². The topological polar surface area (TPSA) is 86.5 Å². The van der Waals surface area contributed by atoms with Gasteiger partial charge in [-0.2, -0.15) is 9.37 Å². The van der Waals surface area contributed by atoms with Gasteiger partial charge >= 0.3 is 5.97 Å². The number of pyridine rings is 1. The number of nitrogens with zero attached hydrogens (tertiary/aromatic N) is 3. The van der Waals surface area contributed by atoms with E-state index in [0.29, 0.717) is 22.6 Å². The van der Waals surface area contributed by atoms with Crippen molar-refractivity contribution in [3.63, 3.8) is 0 Å². The second-order valence-corrected chi connectivity index (χ2v) is 6.38. The number of halogens is 2. The number of carbonyl (C=O) groups is 1. The van der Waals surface area contributed by atoms with Crippen LogP contribution in [-0.2, 0) is 13.7 Å². The number of imidazole rings is 1. The van der Waals surface area contributed by atoms with Crippen LogP contribution in [0.4, 0.5) is 8.78 Å². The Labute approximate surface area is 169 Å². The Morgan fingerprint density at radius 3 is 2.70 bits per heavy atom. The van der Waals surface area contributed by atoms with Crippen molar-refractivity contribution >= 4 is 17.0 Å². The number of aryl methyl sites for hydroxylation is 1. The maximum atomic E-state index is 13.8. The highest BCUT2D eigenvalue weighted by Crippen LogP contribution is 2.27. The number of aromatic nitrogens is 3. The van der Waals surface area contributed by atoms with Crippen LogP contribution in [0.5, 0.6) is 17.4 Å². The molecule has 0 radical (unpaired) electrons. The quantitative estimate of drug-likeness (QED) is 0.476. The number of carboxylic acids is 1. The number of benzene rings is 2. The minimum absolute atomic E-state index is 0.102. The lowest BCUT2D eigenvalue weighted by atomic mass is 10.2. The summed E-state index contributed by atoms with van der Waals surface area (Å²) in [4.78, 5) is 19.0. The molecule has 2 heterocycles. The van der Waals surface area contributed by atoms with E-state index in [2.05, 4.69) is 9.97 Å². The summed E-state index contributed by atoms with van der Waals surface area (Å²) >= 11 is 0. The normalized spacial score (nSPS) is 10.9. The molecule has 4 aromatic rings. The maximum Gasteiger partial charge on any atom is 0.335 e. The summed E-state index contributed by atoms with van der Waals surface area (Å²) in [6.45, 7) is 0.102. The van der Waals surface area contributed by atoms with Gasteiger partial charge in [0.2, 0.25) is 5.95 Å². The SMILES string of the molecule is Cn1c(COc2cccc(C(=O)O)c2)nc2ccc(Oc3nc(F)ccc3F)cc21. The largest absolute Gasteiger partial charge is 0.486 e. The molecule has 0 saturated heterocycles. The van der Waals surface area contributed by atoms with Crippen molar-refractivity contribution in [2.45, 2.75) is 6.61 Å². The lowest BCUT2D eigenvalue weighted by molar-refractivity contribution is 0.0696. The number of hydrogen-bond acceptors (Lipinski definition) is 5. The van der Waals surface area contributed by atoms with Gasteiger partial charge in [0.25, 0.3) is 5.88 Å². The summed E-state index contributed by atoms with van der Waals surface area (Å²) < 4.78 is 39.8. The highest BCUT2D eigenvalue weighted by molar-refractivity contribution is 5.88. The molecule has 0 bridgehead atoms. The Kier molecular flexibility index (Phi) is 5.01. The van der Waals surface area contributed by atoms with Crippen LogP contribution in [0.1, 0.15) is 16.2 Å². The number of fused-ring (bicyclic) bond motifs is 1. The van der Waals surface area contributed by atoms with Gasteiger partial charge in [0, 0.05) is 13.1 Å². The molecule has 4 rings (SSSR count). The van der Waals surface area contributed by atoms with Crippen molar-refractivity contribution in [1.82, 2.24) is 14.5 Å². The molecule has 2 aromatic heterocycles. The van der Waals surface area contributed by atoms with E-state index in [1.807, 2.05) is 0 Å². The van der Waals surface area contributed by atoms with E-state index in [1.165, 1.54) is 12.1 Å². The number of hydrogen-bond donors (Lipinski definition) is 1. The zero-order chi connectivity index (χ0) is 21.3. The lowest BCUT2D eigenvalue weighted by Crippen LogP contribution is -2.04. The molecule has 30 heavy (non-hydrogen) atoms. The second-order valence-electron chi connectivity index (χ2n) is 6.38. The van der Waals surface area contributed by atoms with Gasteiger partial charge in [-0.1, -0.05) is 6.07 Å². The van der Waals surface area contributed by atoms with Crippen LogP contribution in [0.15, 0.2) is 54.6 Å². The van der Waals surface area contributed by atoms with Gasteiger partial charge in [-0.05, 0) is 42.5 Å². The van der Waals surface area contributed by atoms with E-state index in [1.54, 1.807) is 41.9 Å². The highest BCUT2D eigenvalue weighted by atomic mass is 19.1. The molecule has 0 spiro atoms. The molecule has 0 aliphatic carbocycles. The van der Waals surface area contributed by atoms with Crippen LogP contribution in [0, 0.1) is 11.8 Å². The molecular weight excluding hydrogens is 396 g/mol. The smallest absolute Gasteiger partial charge is 0.335 e. The molecule has 1 N–H and O–H groups in total. The summed E-state index contributed by atoms with van der Waals surface area (Å²) in [5, 5.41) is 9.07. The third-order valence-corrected chi connectivity index (χ3v) is 4.39. The van der Waals surface area contributed by atoms with Gasteiger partial charge in [-0.15, -0.1) is 0 Å². The van der Waals surface area contributed by atoms with Crippen molar-refractivity contribution in [3.05, 3.63) is 77.8 Å². The molecule has 9 heteroatoms. The van der Waals surface area contributed by atoms with Crippen LogP contribution < -0.4 is 9.47 Å². The Morgan fingerprint density at radius 2 is 1.90 bits per heavy atom. The van der Waals surface area contributed by atoms with Gasteiger partial charge in [0.05, 0.1) is 16.6 Å².